The van der Waals surface area contributed by atoms with Crippen LogP contribution in [-0.2, 0) is 31.6 Å². The molecule has 1 aromatic rings. The van der Waals surface area contributed by atoms with Crippen LogP contribution >= 0.6 is 23.5 Å². The van der Waals surface area contributed by atoms with Crippen molar-refractivity contribution in [3.8, 4) is 0 Å². The number of phosphoric acid groups is 3. The van der Waals surface area contributed by atoms with E-state index in [1.54, 1.807) is 0 Å². The second-order valence-corrected chi connectivity index (χ2v) is 9.90. The van der Waals surface area contributed by atoms with Crippen molar-refractivity contribution in [2.45, 2.75) is 24.5 Å². The van der Waals surface area contributed by atoms with E-state index in [4.69, 9.17) is 25.2 Å². The van der Waals surface area contributed by atoms with Gasteiger partial charge in [-0.25, -0.2) is 18.5 Å². The second-order valence-electron chi connectivity index (χ2n) is 5.48. The Balaban J connectivity index is 2.05. The highest BCUT2D eigenvalue weighted by molar-refractivity contribution is 7.66. The quantitative estimate of drug-likeness (QED) is 0.150. The first-order chi connectivity index (χ1) is 13.1. The van der Waals surface area contributed by atoms with Crippen molar-refractivity contribution >= 4 is 29.3 Å². The van der Waals surface area contributed by atoms with Gasteiger partial charge in [0.25, 0.3) is 0 Å². The maximum Gasteiger partial charge on any atom is 0.490 e. The molecule has 29 heavy (non-hydrogen) atoms. The molecule has 17 nitrogen and oxygen atoms in total. The van der Waals surface area contributed by atoms with Crippen molar-refractivity contribution < 1.29 is 61.4 Å². The average molecular weight is 492 g/mol. The van der Waals surface area contributed by atoms with E-state index in [2.05, 4.69) is 18.1 Å². The summed E-state index contributed by atoms with van der Waals surface area (Å²) in [6, 6.07) is 1.20. The molecule has 1 aliphatic rings. The summed E-state index contributed by atoms with van der Waals surface area (Å²) in [5.41, 5.74) is 4.39. The van der Waals surface area contributed by atoms with Crippen molar-refractivity contribution in [3.05, 3.63) is 22.7 Å². The fourth-order valence-electron chi connectivity index (χ4n) is 2.19. The topological polar surface area (TPSA) is 270 Å². The first-order valence-electron chi connectivity index (χ1n) is 7.25. The minimum Gasteiger partial charge on any atom is -0.387 e. The Hall–Kier alpha value is -1.03. The van der Waals surface area contributed by atoms with E-state index in [1.165, 1.54) is 6.07 Å². The van der Waals surface area contributed by atoms with Crippen LogP contribution in [0.1, 0.15) is 6.23 Å². The molecule has 0 radical (unpaired) electrons. The number of hydrogen-bond donors (Lipinski definition) is 7. The van der Waals surface area contributed by atoms with E-state index in [9.17, 15) is 33.6 Å². The van der Waals surface area contributed by atoms with Crippen LogP contribution in [0.5, 0.6) is 0 Å². The van der Waals surface area contributed by atoms with Crippen LogP contribution in [0.15, 0.2) is 17.1 Å². The van der Waals surface area contributed by atoms with Gasteiger partial charge in [-0.15, -0.1) is 0 Å². The highest BCUT2D eigenvalue weighted by Crippen LogP contribution is 2.66. The molecule has 6 atom stereocenters. The summed E-state index contributed by atoms with van der Waals surface area (Å²) in [5.74, 6) is -0.122. The number of aliphatic hydroxyl groups excluding tert-OH is 2. The number of nitrogen functional groups attached to an aromatic ring is 1. The lowest BCUT2D eigenvalue weighted by atomic mass is 11.1. The van der Waals surface area contributed by atoms with Gasteiger partial charge in [-0.2, -0.15) is 13.6 Å². The third kappa shape index (κ3) is 6.73. The molecule has 0 amide bonds. The summed E-state index contributed by atoms with van der Waals surface area (Å²) in [5, 5.41) is 20.0. The maximum atomic E-state index is 11.8. The molecule has 0 aliphatic carbocycles. The van der Waals surface area contributed by atoms with Gasteiger partial charge in [0.15, 0.2) is 6.23 Å². The summed E-state index contributed by atoms with van der Waals surface area (Å²) in [7, 11) is -16.7. The molecule has 20 heteroatoms. The molecule has 166 valence electrons. The fraction of sp³-hybridized carbons (Fsp3) is 0.556. The van der Waals surface area contributed by atoms with Crippen molar-refractivity contribution in [1.29, 1.82) is 0 Å². The Labute approximate surface area is 160 Å². The number of aromatic nitrogens is 2. The summed E-state index contributed by atoms with van der Waals surface area (Å²) < 4.78 is 50.8. The molecule has 1 aliphatic heterocycles. The predicted octanol–water partition coefficient (Wildman–Crippen LogP) is -2.21. The smallest absolute Gasteiger partial charge is 0.387 e. The molecular formula is C9H16N3O14P3. The lowest BCUT2D eigenvalue weighted by molar-refractivity contribution is -0.0541. The summed E-state index contributed by atoms with van der Waals surface area (Å²) >= 11 is 0. The average Bonchev–Trinajstić information content (AvgIpc) is 2.78. The van der Waals surface area contributed by atoms with Gasteiger partial charge < -0.3 is 40.3 Å². The normalized spacial score (nSPS) is 29.3. The minimum atomic E-state index is -5.71. The number of aliphatic hydroxyl groups is 2. The zero-order chi connectivity index (χ0) is 22.2. The molecule has 2 rings (SSSR count). The van der Waals surface area contributed by atoms with Crippen LogP contribution in [0.25, 0.3) is 0 Å². The molecule has 0 aromatic carbocycles. The van der Waals surface area contributed by atoms with Gasteiger partial charge in [-0.1, -0.05) is 0 Å². The van der Waals surface area contributed by atoms with Crippen LogP contribution in [0.2, 0.25) is 0 Å². The van der Waals surface area contributed by atoms with E-state index in [0.29, 0.717) is 0 Å². The molecule has 0 spiro atoms. The number of hydrogen-bond acceptors (Lipinski definition) is 12. The molecule has 8 N–H and O–H groups in total. The van der Waals surface area contributed by atoms with Gasteiger partial charge in [-0.3, -0.25) is 9.09 Å². The first kappa shape index (κ1) is 24.2. The number of nitrogens with two attached hydrogens (primary N) is 1. The Bertz CT molecular complexity index is 946. The Morgan fingerprint density at radius 3 is 2.28 bits per heavy atom. The van der Waals surface area contributed by atoms with Crippen molar-refractivity contribution in [3.63, 3.8) is 0 Å². The molecule has 0 saturated carbocycles. The Morgan fingerprint density at radius 2 is 1.72 bits per heavy atom. The van der Waals surface area contributed by atoms with Crippen LogP contribution in [0, 0.1) is 0 Å². The number of ether oxygens (including phenoxy) is 1. The number of rotatable bonds is 8. The van der Waals surface area contributed by atoms with Crippen LogP contribution in [0.3, 0.4) is 0 Å². The number of phosphoric ester groups is 1. The van der Waals surface area contributed by atoms with Gasteiger partial charge in [0.1, 0.15) is 24.1 Å². The Kier molecular flexibility index (Phi) is 7.20. The van der Waals surface area contributed by atoms with E-state index in [1.807, 2.05) is 0 Å². The van der Waals surface area contributed by atoms with Crippen molar-refractivity contribution in [1.82, 2.24) is 9.55 Å². The molecular weight excluding hydrogens is 476 g/mol. The van der Waals surface area contributed by atoms with E-state index in [0.717, 1.165) is 10.8 Å². The molecule has 3 unspecified atom stereocenters. The molecule has 2 heterocycles. The summed E-state index contributed by atoms with van der Waals surface area (Å²) in [4.78, 5) is 50.5. The predicted molar refractivity (Wildman–Crippen MR) is 88.6 cm³/mol. The van der Waals surface area contributed by atoms with Crippen LogP contribution < -0.4 is 11.4 Å². The van der Waals surface area contributed by atoms with Gasteiger partial charge in [0, 0.05) is 6.20 Å². The summed E-state index contributed by atoms with van der Waals surface area (Å²) in [6.07, 6.45) is -5.38. The highest BCUT2D eigenvalue weighted by Gasteiger charge is 2.46. The van der Waals surface area contributed by atoms with E-state index in [-0.39, 0.29) is 5.82 Å². The SMILES string of the molecule is N[13c]1[13cH][13cH]n([13C@@H]2O[13C@H]([13CH2]OP(=O)(O)OP(=O)(O)OP(=O)(O)O)[13CH](O)[13C@@H]2O)[13c](=O)n1. The fourth-order valence-corrected chi connectivity index (χ4v) is 5.22. The monoisotopic (exact) mass is 492 g/mol. The van der Waals surface area contributed by atoms with Crippen LogP contribution in [-0.4, -0.2) is 64.3 Å². The standard InChI is InChI=1S/C9H16N3O14P3/c10-5-1-2-12(9(15)11-5)8-7(14)6(13)4(24-8)3-23-28(19,20)26-29(21,22)25-27(16,17)18/h1-2,4,6-8,13-14H,3H2,(H,19,20)(H,21,22)(H2,10,11,15)(H2,16,17,18)/t4-,6?,7+,8-/m1/s1/i1+1,2+1,3+1,4+1,5+1,6+1,7+1,8+1,9+1. The van der Waals surface area contributed by atoms with Crippen molar-refractivity contribution in [2.24, 2.45) is 0 Å². The number of nitrogens with zero attached hydrogens (tertiary/aromatic N) is 2. The third-order valence-electron chi connectivity index (χ3n) is 3.28. The zero-order valence-corrected chi connectivity index (χ0v) is 16.6. The first-order valence-corrected chi connectivity index (χ1v) is 11.8. The largest absolute Gasteiger partial charge is 0.490 e. The highest BCUT2D eigenvalue weighted by atomic mass is 31.3. The van der Waals surface area contributed by atoms with Crippen molar-refractivity contribution in [2.75, 3.05) is 12.3 Å². The molecule has 1 aromatic heterocycles. The summed E-state index contributed by atoms with van der Waals surface area (Å²) in [6.45, 7) is -1.02. The molecule has 1 saturated heterocycles. The van der Waals surface area contributed by atoms with Gasteiger partial charge >= 0.3 is 29.2 Å². The lowest BCUT2D eigenvalue weighted by Crippen LogP contribution is -2.36. The Morgan fingerprint density at radius 1 is 1.10 bits per heavy atom. The van der Waals surface area contributed by atoms with Crippen LogP contribution in [0.4, 0.5) is 5.82 Å². The van der Waals surface area contributed by atoms with Gasteiger partial charge in [0.2, 0.25) is 0 Å². The second kappa shape index (κ2) is 8.61. The third-order valence-corrected chi connectivity index (χ3v) is 7.08. The minimum absolute atomic E-state index is 0.122. The lowest BCUT2D eigenvalue weighted by Gasteiger charge is -2.19. The number of anilines is 1. The molecule has 0 bridgehead atoms. The van der Waals surface area contributed by atoms with Gasteiger partial charge in [-0.05, 0) is 6.07 Å². The van der Waals surface area contributed by atoms with Gasteiger partial charge in [0.05, 0.1) is 6.61 Å². The maximum absolute atomic E-state index is 11.8. The molecule has 1 fully saturated rings. The zero-order valence-electron chi connectivity index (χ0n) is 13.9. The van der Waals surface area contributed by atoms with E-state index >= 15 is 0 Å². The van der Waals surface area contributed by atoms with E-state index < -0.39 is 60.3 Å².